The Hall–Kier alpha value is -4.58. The Morgan fingerprint density at radius 1 is 0.429 bits per heavy atom. The molecule has 0 amide bonds. The Balaban J connectivity index is 1.21. The lowest BCUT2D eigenvalue weighted by atomic mass is 9.68. The van der Waals surface area contributed by atoms with Gasteiger partial charge in [0, 0.05) is 0 Å². The van der Waals surface area contributed by atoms with Gasteiger partial charge in [-0.1, -0.05) is 91.0 Å². The second-order valence-electron chi connectivity index (χ2n) is 10.1. The van der Waals surface area contributed by atoms with Crippen molar-refractivity contribution in [1.29, 1.82) is 0 Å². The van der Waals surface area contributed by atoms with Gasteiger partial charge in [0.15, 0.2) is 0 Å². The van der Waals surface area contributed by atoms with E-state index in [-0.39, 0.29) is 13.2 Å². The van der Waals surface area contributed by atoms with Gasteiger partial charge in [-0.25, -0.2) is 0 Å². The van der Waals surface area contributed by atoms with Crippen LogP contribution in [-0.4, -0.2) is 44.7 Å². The van der Waals surface area contributed by atoms with E-state index in [1.165, 1.54) is 22.3 Å². The van der Waals surface area contributed by atoms with E-state index in [2.05, 4.69) is 72.8 Å². The fourth-order valence-electron chi connectivity index (χ4n) is 5.85. The van der Waals surface area contributed by atoms with Crippen molar-refractivity contribution in [2.45, 2.75) is 5.41 Å². The molecule has 5 heteroatoms. The second-order valence-corrected chi connectivity index (χ2v) is 10.1. The Labute approximate surface area is 246 Å². The molecule has 6 rings (SSSR count). The number of aliphatic hydroxyl groups excluding tert-OH is 1. The maximum Gasteiger partial charge on any atom is 0.119 e. The first-order valence-electron chi connectivity index (χ1n) is 14.3. The molecule has 5 nitrogen and oxygen atoms in total. The molecule has 0 bridgehead atoms. The van der Waals surface area contributed by atoms with E-state index in [1.54, 1.807) is 0 Å². The lowest BCUT2D eigenvalue weighted by Gasteiger charge is -2.34. The van der Waals surface area contributed by atoms with Gasteiger partial charge in [0.25, 0.3) is 0 Å². The molecule has 0 spiro atoms. The second kappa shape index (κ2) is 12.9. The number of para-hydroxylation sites is 1. The highest BCUT2D eigenvalue weighted by atomic mass is 16.5. The van der Waals surface area contributed by atoms with Crippen LogP contribution in [0, 0.1) is 0 Å². The van der Waals surface area contributed by atoms with Gasteiger partial charge in [-0.15, -0.1) is 0 Å². The van der Waals surface area contributed by atoms with E-state index in [9.17, 15) is 5.11 Å². The molecule has 1 N–H and O–H groups in total. The molecular formula is C37H34O5. The molecule has 0 saturated carbocycles. The number of benzene rings is 5. The highest BCUT2D eigenvalue weighted by Crippen LogP contribution is 2.56. The largest absolute Gasteiger partial charge is 0.491 e. The van der Waals surface area contributed by atoms with Gasteiger partial charge in [0.05, 0.1) is 25.2 Å². The summed E-state index contributed by atoms with van der Waals surface area (Å²) in [5, 5.41) is 9.18. The van der Waals surface area contributed by atoms with Crippen LogP contribution >= 0.6 is 0 Å². The molecule has 0 fully saturated rings. The van der Waals surface area contributed by atoms with Crippen molar-refractivity contribution >= 4 is 0 Å². The molecule has 212 valence electrons. The normalized spacial score (nSPS) is 12.8. The van der Waals surface area contributed by atoms with Gasteiger partial charge in [-0.2, -0.15) is 0 Å². The van der Waals surface area contributed by atoms with Gasteiger partial charge < -0.3 is 24.1 Å². The minimum absolute atomic E-state index is 0.0182. The van der Waals surface area contributed by atoms with Crippen molar-refractivity contribution in [2.75, 3.05) is 39.6 Å². The molecule has 0 unspecified atom stereocenters. The quantitative estimate of drug-likeness (QED) is 0.156. The first-order valence-corrected chi connectivity index (χ1v) is 14.3. The molecule has 5 aromatic rings. The molecule has 0 aliphatic heterocycles. The molecule has 0 radical (unpaired) electrons. The zero-order chi connectivity index (χ0) is 28.6. The molecule has 0 heterocycles. The van der Waals surface area contributed by atoms with Crippen molar-refractivity contribution in [2.24, 2.45) is 0 Å². The van der Waals surface area contributed by atoms with Crippen LogP contribution in [0.5, 0.6) is 17.2 Å². The van der Waals surface area contributed by atoms with E-state index < -0.39 is 5.41 Å². The van der Waals surface area contributed by atoms with Crippen LogP contribution in [0.2, 0.25) is 0 Å². The van der Waals surface area contributed by atoms with Gasteiger partial charge in [0.2, 0.25) is 0 Å². The topological polar surface area (TPSA) is 57.2 Å². The van der Waals surface area contributed by atoms with Crippen LogP contribution in [-0.2, 0) is 10.2 Å². The molecule has 5 aromatic carbocycles. The number of hydrogen-bond donors (Lipinski definition) is 1. The van der Waals surface area contributed by atoms with Crippen molar-refractivity contribution in [3.8, 4) is 28.4 Å². The average Bonchev–Trinajstić information content (AvgIpc) is 3.35. The van der Waals surface area contributed by atoms with Crippen molar-refractivity contribution in [3.63, 3.8) is 0 Å². The van der Waals surface area contributed by atoms with E-state index in [0.717, 1.165) is 28.4 Å². The predicted octanol–water partition coefficient (Wildman–Crippen LogP) is 6.90. The lowest BCUT2D eigenvalue weighted by Crippen LogP contribution is -2.28. The van der Waals surface area contributed by atoms with Crippen LogP contribution < -0.4 is 14.2 Å². The van der Waals surface area contributed by atoms with E-state index in [1.807, 2.05) is 54.6 Å². The zero-order valence-electron chi connectivity index (χ0n) is 23.4. The predicted molar refractivity (Wildman–Crippen MR) is 165 cm³/mol. The average molecular weight is 559 g/mol. The van der Waals surface area contributed by atoms with Crippen LogP contribution in [0.3, 0.4) is 0 Å². The number of fused-ring (bicyclic) bond motifs is 3. The molecule has 0 atom stereocenters. The van der Waals surface area contributed by atoms with Crippen LogP contribution in [0.4, 0.5) is 0 Å². The summed E-state index contributed by atoms with van der Waals surface area (Å²) in [5.41, 5.74) is 6.78. The summed E-state index contributed by atoms with van der Waals surface area (Å²) in [6.45, 7) is 2.19. The number of ether oxygens (including phenoxy) is 4. The standard InChI is InChI=1S/C37H34O5/c38-22-23-40-31-18-14-28(15-19-31)37(35-12-6-4-10-33(35)34-11-5-7-13-36(34)37)29-16-20-32(21-17-29)42-27-25-39-24-26-41-30-8-2-1-3-9-30/h1-21,38H,22-27H2. The highest BCUT2D eigenvalue weighted by molar-refractivity contribution is 5.86. The Bertz CT molecular complexity index is 1530. The van der Waals surface area contributed by atoms with Gasteiger partial charge >= 0.3 is 0 Å². The SMILES string of the molecule is OCCOc1ccc(C2(c3ccc(OCCOCCOc4ccccc4)cc3)c3ccccc3-c3ccccc32)cc1. The minimum Gasteiger partial charge on any atom is -0.491 e. The summed E-state index contributed by atoms with van der Waals surface area (Å²) in [5.74, 6) is 2.37. The molecule has 1 aliphatic carbocycles. The fraction of sp³-hybridized carbons (Fsp3) is 0.189. The summed E-state index contributed by atoms with van der Waals surface area (Å²) in [6, 6.07) is 43.7. The molecule has 1 aliphatic rings. The number of aliphatic hydroxyl groups is 1. The third kappa shape index (κ3) is 5.49. The highest BCUT2D eigenvalue weighted by Gasteiger charge is 2.45. The van der Waals surface area contributed by atoms with Crippen molar-refractivity contribution < 1.29 is 24.1 Å². The molecule has 42 heavy (non-hydrogen) atoms. The first-order chi connectivity index (χ1) is 20.8. The first kappa shape index (κ1) is 27.6. The monoisotopic (exact) mass is 558 g/mol. The summed E-state index contributed by atoms with van der Waals surface area (Å²) in [4.78, 5) is 0. The zero-order valence-corrected chi connectivity index (χ0v) is 23.4. The van der Waals surface area contributed by atoms with Gasteiger partial charge in [-0.05, 0) is 69.8 Å². The summed E-state index contributed by atoms with van der Waals surface area (Å²) < 4.78 is 23.1. The Morgan fingerprint density at radius 3 is 1.36 bits per heavy atom. The Kier molecular flexibility index (Phi) is 8.50. The summed E-state index contributed by atoms with van der Waals surface area (Å²) in [7, 11) is 0. The van der Waals surface area contributed by atoms with Crippen LogP contribution in [0.15, 0.2) is 127 Å². The third-order valence-electron chi connectivity index (χ3n) is 7.62. The van der Waals surface area contributed by atoms with E-state index in [0.29, 0.717) is 26.4 Å². The van der Waals surface area contributed by atoms with E-state index in [4.69, 9.17) is 18.9 Å². The van der Waals surface area contributed by atoms with Gasteiger partial charge in [-0.3, -0.25) is 0 Å². The summed E-state index contributed by atoms with van der Waals surface area (Å²) >= 11 is 0. The number of hydrogen-bond acceptors (Lipinski definition) is 5. The molecular weight excluding hydrogens is 524 g/mol. The molecule has 0 aromatic heterocycles. The Morgan fingerprint density at radius 2 is 0.857 bits per heavy atom. The maximum atomic E-state index is 9.18. The third-order valence-corrected chi connectivity index (χ3v) is 7.62. The van der Waals surface area contributed by atoms with Gasteiger partial charge in [0.1, 0.15) is 37.1 Å². The van der Waals surface area contributed by atoms with Crippen LogP contribution in [0.25, 0.3) is 11.1 Å². The number of rotatable bonds is 13. The van der Waals surface area contributed by atoms with Crippen molar-refractivity contribution in [1.82, 2.24) is 0 Å². The lowest BCUT2D eigenvalue weighted by molar-refractivity contribution is 0.0764. The fourth-order valence-corrected chi connectivity index (χ4v) is 5.85. The van der Waals surface area contributed by atoms with Crippen molar-refractivity contribution in [3.05, 3.63) is 150 Å². The smallest absolute Gasteiger partial charge is 0.119 e. The molecule has 0 saturated heterocycles. The summed E-state index contributed by atoms with van der Waals surface area (Å²) in [6.07, 6.45) is 0. The minimum atomic E-state index is -0.497. The van der Waals surface area contributed by atoms with Crippen LogP contribution in [0.1, 0.15) is 22.3 Å². The van der Waals surface area contributed by atoms with E-state index >= 15 is 0 Å². The maximum absolute atomic E-state index is 9.18.